The van der Waals surface area contributed by atoms with Crippen LogP contribution in [0.2, 0.25) is 5.02 Å². The van der Waals surface area contributed by atoms with Gasteiger partial charge in [0.25, 0.3) is 0 Å². The van der Waals surface area contributed by atoms with E-state index in [2.05, 4.69) is 11.9 Å². The summed E-state index contributed by atoms with van der Waals surface area (Å²) in [6.07, 6.45) is 2.69. The number of hydrogen-bond acceptors (Lipinski definition) is 3. The molecule has 0 amide bonds. The molecule has 0 saturated heterocycles. The SMILES string of the molecule is CCCOc1c(Cl)cc(C=Nc2ccccc2)cc1OCC. The average molecular weight is 318 g/mol. The molecule has 0 aliphatic heterocycles. The molecule has 2 rings (SSSR count). The van der Waals surface area contributed by atoms with E-state index in [1.165, 1.54) is 0 Å². The molecule has 116 valence electrons. The molecule has 0 radical (unpaired) electrons. The van der Waals surface area contributed by atoms with Gasteiger partial charge in [0, 0.05) is 6.21 Å². The second-order valence-corrected chi connectivity index (χ2v) is 5.11. The molecule has 0 heterocycles. The monoisotopic (exact) mass is 317 g/mol. The molecule has 4 heteroatoms. The number of para-hydroxylation sites is 1. The van der Waals surface area contributed by atoms with Gasteiger partial charge in [0.15, 0.2) is 11.5 Å². The van der Waals surface area contributed by atoms with Crippen LogP contribution < -0.4 is 9.47 Å². The summed E-state index contributed by atoms with van der Waals surface area (Å²) in [4.78, 5) is 4.43. The van der Waals surface area contributed by atoms with E-state index in [0.717, 1.165) is 17.7 Å². The molecule has 0 saturated carbocycles. The van der Waals surface area contributed by atoms with Gasteiger partial charge in [0.1, 0.15) is 0 Å². The number of hydrogen-bond donors (Lipinski definition) is 0. The number of halogens is 1. The van der Waals surface area contributed by atoms with E-state index in [1.54, 1.807) is 6.21 Å². The van der Waals surface area contributed by atoms with E-state index < -0.39 is 0 Å². The van der Waals surface area contributed by atoms with Gasteiger partial charge in [-0.2, -0.15) is 0 Å². The van der Waals surface area contributed by atoms with Crippen molar-refractivity contribution in [2.45, 2.75) is 20.3 Å². The van der Waals surface area contributed by atoms with Crippen LogP contribution in [0.25, 0.3) is 0 Å². The number of nitrogens with zero attached hydrogens (tertiary/aromatic N) is 1. The largest absolute Gasteiger partial charge is 0.490 e. The van der Waals surface area contributed by atoms with Crippen LogP contribution in [0.4, 0.5) is 5.69 Å². The summed E-state index contributed by atoms with van der Waals surface area (Å²) in [6, 6.07) is 13.5. The third-order valence-corrected chi connectivity index (χ3v) is 3.18. The fraction of sp³-hybridized carbons (Fsp3) is 0.278. The molecule has 0 fully saturated rings. The molecule has 0 aromatic heterocycles. The number of benzene rings is 2. The van der Waals surface area contributed by atoms with Crippen molar-refractivity contribution < 1.29 is 9.47 Å². The van der Waals surface area contributed by atoms with Gasteiger partial charge < -0.3 is 9.47 Å². The first-order chi connectivity index (χ1) is 10.7. The van der Waals surface area contributed by atoms with E-state index in [0.29, 0.717) is 29.7 Å². The smallest absolute Gasteiger partial charge is 0.179 e. The first-order valence-corrected chi connectivity index (χ1v) is 7.80. The standard InChI is InChI=1S/C18H20ClNO2/c1-3-10-22-18-16(19)11-14(12-17(18)21-4-2)13-20-15-8-6-5-7-9-15/h5-9,11-13H,3-4,10H2,1-2H3. The number of aliphatic imine (C=N–C) groups is 1. The molecule has 0 aliphatic carbocycles. The third-order valence-electron chi connectivity index (χ3n) is 2.90. The van der Waals surface area contributed by atoms with Crippen molar-refractivity contribution in [3.05, 3.63) is 53.1 Å². The molecular weight excluding hydrogens is 298 g/mol. The van der Waals surface area contributed by atoms with Crippen LogP contribution >= 0.6 is 11.6 Å². The van der Waals surface area contributed by atoms with Gasteiger partial charge in [-0.3, -0.25) is 4.99 Å². The summed E-state index contributed by atoms with van der Waals surface area (Å²) < 4.78 is 11.3. The first-order valence-electron chi connectivity index (χ1n) is 7.42. The Bertz CT molecular complexity index is 626. The van der Waals surface area contributed by atoms with Crippen molar-refractivity contribution in [1.82, 2.24) is 0 Å². The first kappa shape index (κ1) is 16.4. The third kappa shape index (κ3) is 4.50. The lowest BCUT2D eigenvalue weighted by Gasteiger charge is -2.13. The van der Waals surface area contributed by atoms with Gasteiger partial charge in [-0.15, -0.1) is 0 Å². The van der Waals surface area contributed by atoms with Gasteiger partial charge >= 0.3 is 0 Å². The van der Waals surface area contributed by atoms with Crippen molar-refractivity contribution in [2.24, 2.45) is 4.99 Å². The van der Waals surface area contributed by atoms with E-state index in [-0.39, 0.29) is 0 Å². The Morgan fingerprint density at radius 1 is 1.09 bits per heavy atom. The summed E-state index contributed by atoms with van der Waals surface area (Å²) in [6.45, 7) is 5.15. The Kier molecular flexibility index (Phi) is 6.28. The predicted molar refractivity (Wildman–Crippen MR) is 92.1 cm³/mol. The lowest BCUT2D eigenvalue weighted by atomic mass is 10.2. The van der Waals surface area contributed by atoms with Gasteiger partial charge in [-0.1, -0.05) is 36.7 Å². The maximum Gasteiger partial charge on any atom is 0.179 e. The van der Waals surface area contributed by atoms with Crippen LogP contribution in [0.1, 0.15) is 25.8 Å². The van der Waals surface area contributed by atoms with Crippen molar-refractivity contribution in [3.63, 3.8) is 0 Å². The minimum atomic E-state index is 0.536. The van der Waals surface area contributed by atoms with Gasteiger partial charge in [0.05, 0.1) is 23.9 Å². The van der Waals surface area contributed by atoms with Crippen molar-refractivity contribution >= 4 is 23.5 Å². The minimum Gasteiger partial charge on any atom is -0.490 e. The van der Waals surface area contributed by atoms with Crippen molar-refractivity contribution in [1.29, 1.82) is 0 Å². The zero-order valence-electron chi connectivity index (χ0n) is 12.9. The van der Waals surface area contributed by atoms with E-state index in [1.807, 2.05) is 49.4 Å². The fourth-order valence-corrected chi connectivity index (χ4v) is 2.21. The lowest BCUT2D eigenvalue weighted by molar-refractivity contribution is 0.277. The molecule has 0 unspecified atom stereocenters. The Balaban J connectivity index is 2.27. The Labute approximate surface area is 136 Å². The highest BCUT2D eigenvalue weighted by atomic mass is 35.5. The highest BCUT2D eigenvalue weighted by Gasteiger charge is 2.11. The normalized spacial score (nSPS) is 10.9. The van der Waals surface area contributed by atoms with E-state index in [4.69, 9.17) is 21.1 Å². The molecule has 0 aliphatic rings. The minimum absolute atomic E-state index is 0.536. The second-order valence-electron chi connectivity index (χ2n) is 4.71. The molecule has 2 aromatic carbocycles. The maximum absolute atomic E-state index is 6.32. The van der Waals surface area contributed by atoms with Gasteiger partial charge in [0.2, 0.25) is 0 Å². The van der Waals surface area contributed by atoms with Crippen molar-refractivity contribution in [2.75, 3.05) is 13.2 Å². The summed E-state index contributed by atoms with van der Waals surface area (Å²) in [5.41, 5.74) is 1.77. The van der Waals surface area contributed by atoms with Gasteiger partial charge in [-0.05, 0) is 43.2 Å². The zero-order chi connectivity index (χ0) is 15.8. The molecule has 0 bridgehead atoms. The van der Waals surface area contributed by atoms with E-state index in [9.17, 15) is 0 Å². The van der Waals surface area contributed by atoms with Crippen LogP contribution in [0, 0.1) is 0 Å². The molecule has 0 spiro atoms. The van der Waals surface area contributed by atoms with Crippen LogP contribution in [-0.2, 0) is 0 Å². The topological polar surface area (TPSA) is 30.8 Å². The second kappa shape index (κ2) is 8.44. The van der Waals surface area contributed by atoms with Crippen molar-refractivity contribution in [3.8, 4) is 11.5 Å². The quantitative estimate of drug-likeness (QED) is 0.651. The summed E-state index contributed by atoms with van der Waals surface area (Å²) in [7, 11) is 0. The highest BCUT2D eigenvalue weighted by Crippen LogP contribution is 2.36. The van der Waals surface area contributed by atoms with Crippen LogP contribution in [-0.4, -0.2) is 19.4 Å². The zero-order valence-corrected chi connectivity index (χ0v) is 13.6. The Morgan fingerprint density at radius 3 is 2.55 bits per heavy atom. The molecule has 3 nitrogen and oxygen atoms in total. The van der Waals surface area contributed by atoms with Crippen LogP contribution in [0.3, 0.4) is 0 Å². The molecule has 2 aromatic rings. The predicted octanol–water partition coefficient (Wildman–Crippen LogP) is 5.28. The molecule has 22 heavy (non-hydrogen) atoms. The summed E-state index contributed by atoms with van der Waals surface area (Å²) in [5, 5.41) is 0.536. The number of rotatable bonds is 7. The highest BCUT2D eigenvalue weighted by molar-refractivity contribution is 6.32. The number of ether oxygens (including phenoxy) is 2. The summed E-state index contributed by atoms with van der Waals surface area (Å²) in [5.74, 6) is 1.25. The molecular formula is C18H20ClNO2. The Hall–Kier alpha value is -2.00. The molecule has 0 N–H and O–H groups in total. The van der Waals surface area contributed by atoms with Crippen LogP contribution in [0.15, 0.2) is 47.5 Å². The van der Waals surface area contributed by atoms with Gasteiger partial charge in [-0.25, -0.2) is 0 Å². The summed E-state index contributed by atoms with van der Waals surface area (Å²) >= 11 is 6.32. The maximum atomic E-state index is 6.32. The molecule has 0 atom stereocenters. The van der Waals surface area contributed by atoms with Crippen LogP contribution in [0.5, 0.6) is 11.5 Å². The average Bonchev–Trinajstić information content (AvgIpc) is 2.53. The lowest BCUT2D eigenvalue weighted by Crippen LogP contribution is -2.01. The van der Waals surface area contributed by atoms with E-state index >= 15 is 0 Å². The fourth-order valence-electron chi connectivity index (χ4n) is 1.93. The Morgan fingerprint density at radius 2 is 1.86 bits per heavy atom.